The number of rotatable bonds is 4. The molecule has 2 rings (SSSR count). The van der Waals surface area contributed by atoms with Crippen molar-refractivity contribution in [3.05, 3.63) is 35.4 Å². The summed E-state index contributed by atoms with van der Waals surface area (Å²) >= 11 is 0. The normalized spacial score (nSPS) is 21.0. The van der Waals surface area contributed by atoms with E-state index < -0.39 is 11.6 Å². The topological polar surface area (TPSA) is 12.5 Å². The van der Waals surface area contributed by atoms with Crippen molar-refractivity contribution in [3.63, 3.8) is 0 Å². The zero-order valence-electron chi connectivity index (χ0n) is 9.96. The maximum absolute atomic E-state index is 13.1. The third-order valence-electron chi connectivity index (χ3n) is 3.24. The summed E-state index contributed by atoms with van der Waals surface area (Å²) in [7, 11) is 1.68. The van der Waals surface area contributed by atoms with Gasteiger partial charge in [0, 0.05) is 26.3 Å². The highest BCUT2D eigenvalue weighted by Crippen LogP contribution is 2.27. The van der Waals surface area contributed by atoms with Crippen molar-refractivity contribution in [3.8, 4) is 0 Å². The van der Waals surface area contributed by atoms with Crippen LogP contribution in [-0.2, 0) is 4.74 Å². The summed E-state index contributed by atoms with van der Waals surface area (Å²) in [5.41, 5.74) is 0.766. The second-order valence-electron chi connectivity index (χ2n) is 4.48. The van der Waals surface area contributed by atoms with Crippen LogP contribution in [0, 0.1) is 11.6 Å². The van der Waals surface area contributed by atoms with Gasteiger partial charge in [0.2, 0.25) is 0 Å². The maximum atomic E-state index is 13.1. The van der Waals surface area contributed by atoms with Gasteiger partial charge in [-0.25, -0.2) is 8.78 Å². The van der Waals surface area contributed by atoms with Gasteiger partial charge in [-0.1, -0.05) is 0 Å². The molecule has 0 bridgehead atoms. The van der Waals surface area contributed by atoms with Crippen molar-refractivity contribution in [2.45, 2.75) is 12.3 Å². The number of ether oxygens (including phenoxy) is 1. The molecule has 1 unspecified atom stereocenters. The van der Waals surface area contributed by atoms with Crippen LogP contribution in [0.4, 0.5) is 8.78 Å². The average molecular weight is 241 g/mol. The molecule has 1 atom stereocenters. The molecule has 1 aliphatic rings. The second kappa shape index (κ2) is 5.56. The minimum absolute atomic E-state index is 0.233. The lowest BCUT2D eigenvalue weighted by Crippen LogP contribution is -2.24. The molecule has 0 saturated carbocycles. The first kappa shape index (κ1) is 12.5. The molecule has 4 heteroatoms. The number of hydrogen-bond acceptors (Lipinski definition) is 2. The van der Waals surface area contributed by atoms with E-state index in [9.17, 15) is 8.78 Å². The second-order valence-corrected chi connectivity index (χ2v) is 4.48. The Labute approximate surface area is 100 Å². The SMILES string of the molecule is COCCN1CCC(c2cc(F)cc(F)c2)C1. The van der Waals surface area contributed by atoms with Crippen molar-refractivity contribution in [2.24, 2.45) is 0 Å². The maximum Gasteiger partial charge on any atom is 0.126 e. The molecule has 1 aliphatic heterocycles. The Kier molecular flexibility index (Phi) is 4.07. The minimum Gasteiger partial charge on any atom is -0.383 e. The predicted molar refractivity (Wildman–Crippen MR) is 62.0 cm³/mol. The van der Waals surface area contributed by atoms with Crippen molar-refractivity contribution in [1.82, 2.24) is 4.90 Å². The fourth-order valence-corrected chi connectivity index (χ4v) is 2.34. The third kappa shape index (κ3) is 3.23. The first-order chi connectivity index (χ1) is 8.19. The van der Waals surface area contributed by atoms with Gasteiger partial charge in [0.25, 0.3) is 0 Å². The molecule has 1 aromatic carbocycles. The van der Waals surface area contributed by atoms with Gasteiger partial charge >= 0.3 is 0 Å². The summed E-state index contributed by atoms with van der Waals surface area (Å²) in [6.07, 6.45) is 0.951. The lowest BCUT2D eigenvalue weighted by molar-refractivity contribution is 0.160. The lowest BCUT2D eigenvalue weighted by Gasteiger charge is -2.15. The molecule has 94 valence electrons. The zero-order chi connectivity index (χ0) is 12.3. The Morgan fingerprint density at radius 1 is 1.29 bits per heavy atom. The molecule has 1 heterocycles. The molecule has 17 heavy (non-hydrogen) atoms. The van der Waals surface area contributed by atoms with E-state index in [1.807, 2.05) is 0 Å². The summed E-state index contributed by atoms with van der Waals surface area (Å²) in [6.45, 7) is 3.40. The third-order valence-corrected chi connectivity index (χ3v) is 3.24. The van der Waals surface area contributed by atoms with Gasteiger partial charge in [0.05, 0.1) is 6.61 Å². The number of benzene rings is 1. The van der Waals surface area contributed by atoms with Gasteiger partial charge < -0.3 is 9.64 Å². The number of likely N-dealkylation sites (tertiary alicyclic amines) is 1. The van der Waals surface area contributed by atoms with E-state index in [-0.39, 0.29) is 5.92 Å². The molecule has 0 N–H and O–H groups in total. The van der Waals surface area contributed by atoms with Crippen LogP contribution < -0.4 is 0 Å². The summed E-state index contributed by atoms with van der Waals surface area (Å²) in [5.74, 6) is -0.747. The van der Waals surface area contributed by atoms with Gasteiger partial charge in [-0.05, 0) is 36.6 Å². The first-order valence-corrected chi connectivity index (χ1v) is 5.86. The van der Waals surface area contributed by atoms with E-state index in [4.69, 9.17) is 4.74 Å². The fraction of sp³-hybridized carbons (Fsp3) is 0.538. The highest BCUT2D eigenvalue weighted by Gasteiger charge is 2.24. The summed E-state index contributed by atoms with van der Waals surface area (Å²) < 4.78 is 31.2. The van der Waals surface area contributed by atoms with E-state index in [0.717, 1.165) is 37.7 Å². The molecule has 0 amide bonds. The van der Waals surface area contributed by atoms with E-state index >= 15 is 0 Å². The van der Waals surface area contributed by atoms with Crippen LogP contribution in [0.15, 0.2) is 18.2 Å². The first-order valence-electron chi connectivity index (χ1n) is 5.86. The van der Waals surface area contributed by atoms with Crippen LogP contribution in [0.25, 0.3) is 0 Å². The van der Waals surface area contributed by atoms with E-state index in [0.29, 0.717) is 6.61 Å². The molecule has 1 saturated heterocycles. The number of nitrogens with zero attached hydrogens (tertiary/aromatic N) is 1. The Hall–Kier alpha value is -1.00. The van der Waals surface area contributed by atoms with E-state index in [2.05, 4.69) is 4.90 Å². The molecule has 1 fully saturated rings. The Morgan fingerprint density at radius 2 is 2.00 bits per heavy atom. The molecule has 1 aromatic rings. The fourth-order valence-electron chi connectivity index (χ4n) is 2.34. The Balaban J connectivity index is 1.99. The van der Waals surface area contributed by atoms with Gasteiger partial charge in [-0.15, -0.1) is 0 Å². The van der Waals surface area contributed by atoms with Crippen molar-refractivity contribution in [1.29, 1.82) is 0 Å². The quantitative estimate of drug-likeness (QED) is 0.802. The molecule has 0 aliphatic carbocycles. The molecule has 0 radical (unpaired) electrons. The van der Waals surface area contributed by atoms with Crippen LogP contribution in [0.1, 0.15) is 17.9 Å². The van der Waals surface area contributed by atoms with Gasteiger partial charge in [-0.2, -0.15) is 0 Å². The standard InChI is InChI=1S/C13H17F2NO/c1-17-5-4-16-3-2-10(9-16)11-6-12(14)8-13(15)7-11/h6-8,10H,2-5,9H2,1H3. The molecular weight excluding hydrogens is 224 g/mol. The summed E-state index contributed by atoms with van der Waals surface area (Å²) in [5, 5.41) is 0. The summed E-state index contributed by atoms with van der Waals surface area (Å²) in [4.78, 5) is 2.26. The summed E-state index contributed by atoms with van der Waals surface area (Å²) in [6, 6.07) is 3.79. The number of halogens is 2. The van der Waals surface area contributed by atoms with Crippen LogP contribution >= 0.6 is 0 Å². The average Bonchev–Trinajstić information content (AvgIpc) is 2.73. The molecule has 0 spiro atoms. The van der Waals surface area contributed by atoms with Crippen LogP contribution in [0.3, 0.4) is 0 Å². The monoisotopic (exact) mass is 241 g/mol. The number of methoxy groups -OCH3 is 1. The molecular formula is C13H17F2NO. The van der Waals surface area contributed by atoms with Crippen LogP contribution in [0.5, 0.6) is 0 Å². The van der Waals surface area contributed by atoms with Crippen LogP contribution in [-0.4, -0.2) is 38.3 Å². The predicted octanol–water partition coefficient (Wildman–Crippen LogP) is 2.40. The van der Waals surface area contributed by atoms with Gasteiger partial charge in [0.15, 0.2) is 0 Å². The van der Waals surface area contributed by atoms with Gasteiger partial charge in [-0.3, -0.25) is 0 Å². The lowest BCUT2D eigenvalue weighted by atomic mass is 9.98. The van der Waals surface area contributed by atoms with Crippen molar-refractivity contribution >= 4 is 0 Å². The largest absolute Gasteiger partial charge is 0.383 e. The molecule has 2 nitrogen and oxygen atoms in total. The Bertz CT molecular complexity index is 363. The van der Waals surface area contributed by atoms with E-state index in [1.165, 1.54) is 12.1 Å². The Morgan fingerprint density at radius 3 is 2.65 bits per heavy atom. The number of hydrogen-bond donors (Lipinski definition) is 0. The smallest absolute Gasteiger partial charge is 0.126 e. The van der Waals surface area contributed by atoms with Crippen molar-refractivity contribution < 1.29 is 13.5 Å². The van der Waals surface area contributed by atoms with Gasteiger partial charge in [0.1, 0.15) is 11.6 Å². The zero-order valence-corrected chi connectivity index (χ0v) is 9.96. The highest BCUT2D eigenvalue weighted by molar-refractivity contribution is 5.23. The van der Waals surface area contributed by atoms with E-state index in [1.54, 1.807) is 7.11 Å². The van der Waals surface area contributed by atoms with Crippen LogP contribution in [0.2, 0.25) is 0 Å². The van der Waals surface area contributed by atoms with Crippen molar-refractivity contribution in [2.75, 3.05) is 33.4 Å². The molecule has 0 aromatic heterocycles. The highest BCUT2D eigenvalue weighted by atomic mass is 19.1. The minimum atomic E-state index is -0.490.